The van der Waals surface area contributed by atoms with Crippen molar-refractivity contribution in [2.24, 2.45) is 0 Å². The SMILES string of the molecule is Cc1ccc(/C=C/C(=O)OCC(=O)Nc2ccc(N3CCCC3=O)cc2)s1. The van der Waals surface area contributed by atoms with Crippen molar-refractivity contribution in [2.75, 3.05) is 23.4 Å². The van der Waals surface area contributed by atoms with Gasteiger partial charge in [-0.05, 0) is 55.8 Å². The number of nitrogens with zero attached hydrogens (tertiary/aromatic N) is 1. The summed E-state index contributed by atoms with van der Waals surface area (Å²) in [6, 6.07) is 10.9. The van der Waals surface area contributed by atoms with Gasteiger partial charge in [-0.3, -0.25) is 9.59 Å². The van der Waals surface area contributed by atoms with Crippen LogP contribution in [-0.2, 0) is 19.1 Å². The number of esters is 1. The minimum absolute atomic E-state index is 0.115. The Morgan fingerprint density at radius 2 is 2.00 bits per heavy atom. The van der Waals surface area contributed by atoms with E-state index in [0.717, 1.165) is 28.4 Å². The third-order valence-electron chi connectivity index (χ3n) is 4.03. The highest BCUT2D eigenvalue weighted by molar-refractivity contribution is 7.12. The van der Waals surface area contributed by atoms with E-state index < -0.39 is 11.9 Å². The summed E-state index contributed by atoms with van der Waals surface area (Å²) >= 11 is 1.57. The molecule has 1 aromatic carbocycles. The predicted octanol–water partition coefficient (Wildman–Crippen LogP) is 3.38. The number of anilines is 2. The summed E-state index contributed by atoms with van der Waals surface area (Å²) in [6.07, 6.45) is 4.41. The van der Waals surface area contributed by atoms with E-state index in [4.69, 9.17) is 4.74 Å². The van der Waals surface area contributed by atoms with Crippen LogP contribution in [0.15, 0.2) is 42.5 Å². The minimum atomic E-state index is -0.570. The van der Waals surface area contributed by atoms with Crippen LogP contribution in [0, 0.1) is 6.92 Å². The van der Waals surface area contributed by atoms with Gasteiger partial charge in [0.2, 0.25) is 5.91 Å². The number of hydrogen-bond acceptors (Lipinski definition) is 5. The number of nitrogens with one attached hydrogen (secondary N) is 1. The highest BCUT2D eigenvalue weighted by Gasteiger charge is 2.21. The highest BCUT2D eigenvalue weighted by Crippen LogP contribution is 2.23. The van der Waals surface area contributed by atoms with Gasteiger partial charge in [-0.15, -0.1) is 11.3 Å². The first-order chi connectivity index (χ1) is 13.0. The van der Waals surface area contributed by atoms with Crippen LogP contribution >= 0.6 is 11.3 Å². The fourth-order valence-electron chi connectivity index (χ4n) is 2.72. The summed E-state index contributed by atoms with van der Waals surface area (Å²) in [4.78, 5) is 39.2. The smallest absolute Gasteiger partial charge is 0.331 e. The molecule has 6 nitrogen and oxygen atoms in total. The quantitative estimate of drug-likeness (QED) is 0.612. The molecule has 0 radical (unpaired) electrons. The molecule has 2 heterocycles. The molecule has 3 rings (SSSR count). The average molecular weight is 384 g/mol. The number of carbonyl (C=O) groups excluding carboxylic acids is 3. The Morgan fingerprint density at radius 1 is 1.22 bits per heavy atom. The van der Waals surface area contributed by atoms with Crippen LogP contribution in [-0.4, -0.2) is 30.9 Å². The summed E-state index contributed by atoms with van der Waals surface area (Å²) in [6.45, 7) is 2.35. The molecule has 0 unspecified atom stereocenters. The molecule has 0 saturated carbocycles. The van der Waals surface area contributed by atoms with Crippen molar-refractivity contribution in [1.82, 2.24) is 0 Å². The van der Waals surface area contributed by atoms with Crippen molar-refractivity contribution in [3.05, 3.63) is 52.2 Å². The van der Waals surface area contributed by atoms with Crippen LogP contribution in [0.5, 0.6) is 0 Å². The zero-order valence-corrected chi connectivity index (χ0v) is 15.8. The summed E-state index contributed by atoms with van der Waals surface area (Å²) < 4.78 is 4.94. The Hall–Kier alpha value is -2.93. The van der Waals surface area contributed by atoms with Gasteiger partial charge in [0.25, 0.3) is 5.91 Å². The van der Waals surface area contributed by atoms with Gasteiger partial charge < -0.3 is 15.0 Å². The van der Waals surface area contributed by atoms with Crippen molar-refractivity contribution in [3.8, 4) is 0 Å². The number of ether oxygens (including phenoxy) is 1. The fourth-order valence-corrected chi connectivity index (χ4v) is 3.50. The Balaban J connectivity index is 1.45. The molecular formula is C20H20N2O4S. The topological polar surface area (TPSA) is 75.7 Å². The second-order valence-electron chi connectivity index (χ2n) is 6.13. The lowest BCUT2D eigenvalue weighted by Gasteiger charge is -2.16. The number of carbonyl (C=O) groups is 3. The maximum atomic E-state index is 11.9. The van der Waals surface area contributed by atoms with Gasteiger partial charge >= 0.3 is 5.97 Å². The number of aryl methyl sites for hydroxylation is 1. The molecule has 7 heteroatoms. The van der Waals surface area contributed by atoms with Gasteiger partial charge in [-0.2, -0.15) is 0 Å². The monoisotopic (exact) mass is 384 g/mol. The molecule has 27 heavy (non-hydrogen) atoms. The third-order valence-corrected chi connectivity index (χ3v) is 4.99. The van der Waals surface area contributed by atoms with E-state index in [-0.39, 0.29) is 12.5 Å². The number of thiophene rings is 1. The van der Waals surface area contributed by atoms with Crippen LogP contribution in [0.2, 0.25) is 0 Å². The maximum Gasteiger partial charge on any atom is 0.331 e. The number of hydrogen-bond donors (Lipinski definition) is 1. The fraction of sp³-hybridized carbons (Fsp3) is 0.250. The lowest BCUT2D eigenvalue weighted by Crippen LogP contribution is -2.23. The van der Waals surface area contributed by atoms with E-state index in [1.807, 2.05) is 19.1 Å². The van der Waals surface area contributed by atoms with Crippen molar-refractivity contribution in [3.63, 3.8) is 0 Å². The van der Waals surface area contributed by atoms with Crippen molar-refractivity contribution < 1.29 is 19.1 Å². The third kappa shape index (κ3) is 5.27. The first-order valence-corrected chi connectivity index (χ1v) is 9.44. The Morgan fingerprint density at radius 3 is 2.63 bits per heavy atom. The molecule has 0 bridgehead atoms. The number of amides is 2. The second kappa shape index (κ2) is 8.64. The number of benzene rings is 1. The molecule has 1 aliphatic rings. The molecule has 1 saturated heterocycles. The Kier molecular flexibility index (Phi) is 6.03. The van der Waals surface area contributed by atoms with E-state index in [1.54, 1.807) is 46.6 Å². The molecule has 1 fully saturated rings. The van der Waals surface area contributed by atoms with Gasteiger partial charge in [0.1, 0.15) is 0 Å². The van der Waals surface area contributed by atoms with Crippen LogP contribution in [0.25, 0.3) is 6.08 Å². The largest absolute Gasteiger partial charge is 0.452 e. The summed E-state index contributed by atoms with van der Waals surface area (Å²) in [5.41, 5.74) is 1.40. The second-order valence-corrected chi connectivity index (χ2v) is 7.45. The molecule has 0 atom stereocenters. The first-order valence-electron chi connectivity index (χ1n) is 8.63. The molecule has 2 amide bonds. The molecule has 1 aromatic heterocycles. The maximum absolute atomic E-state index is 11.9. The summed E-state index contributed by atoms with van der Waals surface area (Å²) in [7, 11) is 0. The van der Waals surface area contributed by atoms with Crippen LogP contribution in [0.3, 0.4) is 0 Å². The predicted molar refractivity (Wildman–Crippen MR) is 106 cm³/mol. The minimum Gasteiger partial charge on any atom is -0.452 e. The van der Waals surface area contributed by atoms with Crippen LogP contribution < -0.4 is 10.2 Å². The van der Waals surface area contributed by atoms with E-state index in [0.29, 0.717) is 12.1 Å². The normalized spacial score (nSPS) is 14.0. The summed E-state index contributed by atoms with van der Waals surface area (Å²) in [5, 5.41) is 2.66. The molecule has 1 aliphatic heterocycles. The molecular weight excluding hydrogens is 364 g/mol. The van der Waals surface area contributed by atoms with Gasteiger partial charge in [0.05, 0.1) is 0 Å². The first kappa shape index (κ1) is 18.8. The highest BCUT2D eigenvalue weighted by atomic mass is 32.1. The molecule has 140 valence electrons. The van der Waals surface area contributed by atoms with Crippen molar-refractivity contribution in [1.29, 1.82) is 0 Å². The lowest BCUT2D eigenvalue weighted by atomic mass is 10.2. The van der Waals surface area contributed by atoms with Gasteiger partial charge in [-0.1, -0.05) is 0 Å². The van der Waals surface area contributed by atoms with Crippen molar-refractivity contribution in [2.45, 2.75) is 19.8 Å². The van der Waals surface area contributed by atoms with Gasteiger partial charge in [0, 0.05) is 40.2 Å². The Bertz CT molecular complexity index is 870. The zero-order valence-electron chi connectivity index (χ0n) is 14.9. The zero-order chi connectivity index (χ0) is 19.2. The lowest BCUT2D eigenvalue weighted by molar-refractivity contribution is -0.142. The van der Waals surface area contributed by atoms with Crippen LogP contribution in [0.1, 0.15) is 22.6 Å². The average Bonchev–Trinajstić information content (AvgIpc) is 3.27. The van der Waals surface area contributed by atoms with E-state index >= 15 is 0 Å². The molecule has 1 N–H and O–H groups in total. The van der Waals surface area contributed by atoms with E-state index in [2.05, 4.69) is 5.32 Å². The standard InChI is InChI=1S/C20H20N2O4S/c1-14-4-9-17(27-14)10-11-20(25)26-13-18(23)21-15-5-7-16(8-6-15)22-12-2-3-19(22)24/h4-11H,2-3,12-13H2,1H3,(H,21,23)/b11-10+. The van der Waals surface area contributed by atoms with Gasteiger partial charge in [0.15, 0.2) is 6.61 Å². The van der Waals surface area contributed by atoms with E-state index in [9.17, 15) is 14.4 Å². The summed E-state index contributed by atoms with van der Waals surface area (Å²) in [5.74, 6) is -0.878. The molecule has 2 aromatic rings. The van der Waals surface area contributed by atoms with E-state index in [1.165, 1.54) is 6.08 Å². The van der Waals surface area contributed by atoms with Crippen molar-refractivity contribution >= 4 is 46.6 Å². The molecule has 0 spiro atoms. The van der Waals surface area contributed by atoms with Crippen LogP contribution in [0.4, 0.5) is 11.4 Å². The molecule has 0 aliphatic carbocycles. The Labute approximate surface area is 161 Å². The van der Waals surface area contributed by atoms with Gasteiger partial charge in [-0.25, -0.2) is 4.79 Å². The number of rotatable bonds is 6.